The zero-order valence-corrected chi connectivity index (χ0v) is 9.07. The molecule has 1 saturated carbocycles. The third kappa shape index (κ3) is 3.38. The van der Waals surface area contributed by atoms with Gasteiger partial charge in [0.2, 0.25) is 5.88 Å². The van der Waals surface area contributed by atoms with E-state index < -0.39 is 0 Å². The van der Waals surface area contributed by atoms with E-state index in [4.69, 9.17) is 4.74 Å². The van der Waals surface area contributed by atoms with Crippen LogP contribution in [0.3, 0.4) is 0 Å². The van der Waals surface area contributed by atoms with E-state index in [1.165, 1.54) is 25.6 Å². The Morgan fingerprint density at radius 1 is 1.47 bits per heavy atom. The Bertz CT molecular complexity index is 312. The van der Waals surface area contributed by atoms with Gasteiger partial charge in [-0.25, -0.2) is 9.97 Å². The molecule has 15 heavy (non-hydrogen) atoms. The van der Waals surface area contributed by atoms with Gasteiger partial charge in [0, 0.05) is 12.6 Å². The van der Waals surface area contributed by atoms with Gasteiger partial charge in [0.25, 0.3) is 0 Å². The third-order valence-corrected chi connectivity index (χ3v) is 2.49. The molecule has 0 radical (unpaired) electrons. The average Bonchev–Trinajstić information content (AvgIpc) is 3.03. The van der Waals surface area contributed by atoms with Crippen LogP contribution in [-0.4, -0.2) is 23.1 Å². The predicted octanol–water partition coefficient (Wildman–Crippen LogP) is 2.09. The maximum atomic E-state index is 5.30. The topological polar surface area (TPSA) is 47.0 Å². The number of aromatic nitrogens is 2. The van der Waals surface area contributed by atoms with Crippen LogP contribution in [0.1, 0.15) is 26.2 Å². The lowest BCUT2D eigenvalue weighted by atomic mass is 10.3. The number of hydrogen-bond acceptors (Lipinski definition) is 4. The minimum atomic E-state index is 0.637. The van der Waals surface area contributed by atoms with Crippen molar-refractivity contribution in [1.82, 2.24) is 9.97 Å². The van der Waals surface area contributed by atoms with Crippen molar-refractivity contribution in [1.29, 1.82) is 0 Å². The molecule has 1 aliphatic carbocycles. The molecule has 0 bridgehead atoms. The summed E-state index contributed by atoms with van der Waals surface area (Å²) < 4.78 is 5.30. The van der Waals surface area contributed by atoms with Gasteiger partial charge in [0.15, 0.2) is 0 Å². The van der Waals surface area contributed by atoms with Crippen LogP contribution in [0, 0.1) is 5.92 Å². The SMILES string of the molecule is CCOc1cc(NCCC2CC2)ncn1. The first-order valence-electron chi connectivity index (χ1n) is 5.57. The monoisotopic (exact) mass is 207 g/mol. The van der Waals surface area contributed by atoms with E-state index in [0.29, 0.717) is 12.5 Å². The fourth-order valence-corrected chi connectivity index (χ4v) is 1.47. The molecule has 0 amide bonds. The van der Waals surface area contributed by atoms with Crippen LogP contribution in [0.25, 0.3) is 0 Å². The second-order valence-corrected chi connectivity index (χ2v) is 3.83. The number of hydrogen-bond donors (Lipinski definition) is 1. The summed E-state index contributed by atoms with van der Waals surface area (Å²) in [6, 6.07) is 1.84. The van der Waals surface area contributed by atoms with Gasteiger partial charge < -0.3 is 10.1 Å². The van der Waals surface area contributed by atoms with E-state index >= 15 is 0 Å². The average molecular weight is 207 g/mol. The van der Waals surface area contributed by atoms with Gasteiger partial charge in [-0.2, -0.15) is 0 Å². The molecule has 0 unspecified atom stereocenters. The first kappa shape index (κ1) is 10.2. The highest BCUT2D eigenvalue weighted by Gasteiger charge is 2.20. The summed E-state index contributed by atoms with van der Waals surface area (Å²) in [5, 5.41) is 3.28. The molecule has 0 atom stereocenters. The zero-order valence-electron chi connectivity index (χ0n) is 9.07. The number of rotatable bonds is 6. The van der Waals surface area contributed by atoms with Crippen LogP contribution < -0.4 is 10.1 Å². The fourth-order valence-electron chi connectivity index (χ4n) is 1.47. The maximum absolute atomic E-state index is 5.30. The van der Waals surface area contributed by atoms with Gasteiger partial charge in [0.1, 0.15) is 12.1 Å². The normalized spacial score (nSPS) is 15.0. The van der Waals surface area contributed by atoms with E-state index in [2.05, 4.69) is 15.3 Å². The molecule has 0 aromatic carbocycles. The number of ether oxygens (including phenoxy) is 1. The van der Waals surface area contributed by atoms with Crippen LogP contribution in [0.2, 0.25) is 0 Å². The molecule has 1 aromatic rings. The molecular formula is C11H17N3O. The maximum Gasteiger partial charge on any atom is 0.218 e. The Kier molecular flexibility index (Phi) is 3.37. The Morgan fingerprint density at radius 3 is 3.07 bits per heavy atom. The Morgan fingerprint density at radius 2 is 2.33 bits per heavy atom. The van der Waals surface area contributed by atoms with Crippen molar-refractivity contribution in [3.05, 3.63) is 12.4 Å². The lowest BCUT2D eigenvalue weighted by Gasteiger charge is -2.06. The third-order valence-electron chi connectivity index (χ3n) is 2.49. The summed E-state index contributed by atoms with van der Waals surface area (Å²) in [6.45, 7) is 3.58. The van der Waals surface area contributed by atoms with Crippen molar-refractivity contribution in [2.75, 3.05) is 18.5 Å². The molecule has 1 heterocycles. The van der Waals surface area contributed by atoms with Gasteiger partial charge in [-0.1, -0.05) is 12.8 Å². The molecule has 4 nitrogen and oxygen atoms in total. The molecule has 1 N–H and O–H groups in total. The number of anilines is 1. The fraction of sp³-hybridized carbons (Fsp3) is 0.636. The van der Waals surface area contributed by atoms with E-state index in [1.807, 2.05) is 13.0 Å². The Hall–Kier alpha value is -1.32. The Balaban J connectivity index is 1.80. The highest BCUT2D eigenvalue weighted by Crippen LogP contribution is 2.32. The summed E-state index contributed by atoms with van der Waals surface area (Å²) in [7, 11) is 0. The van der Waals surface area contributed by atoms with Gasteiger partial charge >= 0.3 is 0 Å². The molecular weight excluding hydrogens is 190 g/mol. The van der Waals surface area contributed by atoms with E-state index in [0.717, 1.165) is 18.3 Å². The van der Waals surface area contributed by atoms with E-state index in [1.54, 1.807) is 0 Å². The molecule has 1 aromatic heterocycles. The van der Waals surface area contributed by atoms with E-state index in [9.17, 15) is 0 Å². The molecule has 0 saturated heterocycles. The van der Waals surface area contributed by atoms with Gasteiger partial charge in [-0.3, -0.25) is 0 Å². The number of nitrogens with zero attached hydrogens (tertiary/aromatic N) is 2. The van der Waals surface area contributed by atoms with Crippen molar-refractivity contribution in [3.8, 4) is 5.88 Å². The quantitative estimate of drug-likeness (QED) is 0.776. The molecule has 4 heteroatoms. The number of nitrogens with one attached hydrogen (secondary N) is 1. The van der Waals surface area contributed by atoms with Crippen molar-refractivity contribution < 1.29 is 4.74 Å². The van der Waals surface area contributed by atoms with Crippen molar-refractivity contribution in [2.24, 2.45) is 5.92 Å². The van der Waals surface area contributed by atoms with Crippen LogP contribution in [-0.2, 0) is 0 Å². The van der Waals surface area contributed by atoms with Gasteiger partial charge in [0.05, 0.1) is 6.61 Å². The molecule has 0 aliphatic heterocycles. The van der Waals surface area contributed by atoms with Crippen LogP contribution >= 0.6 is 0 Å². The van der Waals surface area contributed by atoms with Gasteiger partial charge in [-0.05, 0) is 19.3 Å². The van der Waals surface area contributed by atoms with Crippen LogP contribution in [0.4, 0.5) is 5.82 Å². The molecule has 0 spiro atoms. The summed E-state index contributed by atoms with van der Waals surface area (Å²) in [6.07, 6.45) is 5.57. The standard InChI is InChI=1S/C11H17N3O/c1-2-15-11-7-10(13-8-14-11)12-6-5-9-3-4-9/h7-9H,2-6H2,1H3,(H,12,13,14). The smallest absolute Gasteiger partial charge is 0.218 e. The van der Waals surface area contributed by atoms with Gasteiger partial charge in [-0.15, -0.1) is 0 Å². The molecule has 82 valence electrons. The highest BCUT2D eigenvalue weighted by atomic mass is 16.5. The summed E-state index contributed by atoms with van der Waals surface area (Å²) in [5.74, 6) is 2.45. The first-order chi connectivity index (χ1) is 7.38. The minimum absolute atomic E-state index is 0.637. The highest BCUT2D eigenvalue weighted by molar-refractivity contribution is 5.36. The summed E-state index contributed by atoms with van der Waals surface area (Å²) in [5.41, 5.74) is 0. The molecule has 1 aliphatic rings. The Labute approximate surface area is 90.1 Å². The van der Waals surface area contributed by atoms with Crippen molar-refractivity contribution >= 4 is 5.82 Å². The van der Waals surface area contributed by atoms with Crippen LogP contribution in [0.5, 0.6) is 5.88 Å². The van der Waals surface area contributed by atoms with E-state index in [-0.39, 0.29) is 0 Å². The summed E-state index contributed by atoms with van der Waals surface area (Å²) in [4.78, 5) is 8.15. The van der Waals surface area contributed by atoms with Crippen LogP contribution in [0.15, 0.2) is 12.4 Å². The summed E-state index contributed by atoms with van der Waals surface area (Å²) >= 11 is 0. The van der Waals surface area contributed by atoms with Crippen molar-refractivity contribution in [2.45, 2.75) is 26.2 Å². The second-order valence-electron chi connectivity index (χ2n) is 3.83. The lowest BCUT2D eigenvalue weighted by Crippen LogP contribution is -2.05. The molecule has 2 rings (SSSR count). The minimum Gasteiger partial charge on any atom is -0.478 e. The largest absolute Gasteiger partial charge is 0.478 e. The lowest BCUT2D eigenvalue weighted by molar-refractivity contribution is 0.326. The molecule has 1 fully saturated rings. The predicted molar refractivity (Wildman–Crippen MR) is 59.0 cm³/mol. The second kappa shape index (κ2) is 4.96. The van der Waals surface area contributed by atoms with Crippen molar-refractivity contribution in [3.63, 3.8) is 0 Å². The zero-order chi connectivity index (χ0) is 10.5. The first-order valence-corrected chi connectivity index (χ1v) is 5.57.